The number of aromatic nitrogens is 1. The van der Waals surface area contributed by atoms with Gasteiger partial charge in [0.2, 0.25) is 0 Å². The fourth-order valence-corrected chi connectivity index (χ4v) is 2.90. The average molecular weight is 288 g/mol. The van der Waals surface area contributed by atoms with Crippen LogP contribution < -0.4 is 10.1 Å². The molecule has 2 aromatic rings. The predicted molar refractivity (Wildman–Crippen MR) is 82.3 cm³/mol. The minimum atomic E-state index is 0.188. The van der Waals surface area contributed by atoms with E-state index < -0.39 is 0 Å². The summed E-state index contributed by atoms with van der Waals surface area (Å²) in [5, 5.41) is 6.85. The van der Waals surface area contributed by atoms with Crippen molar-refractivity contribution < 1.29 is 4.74 Å². The maximum absolute atomic E-state index is 5.74. The number of hydrogen-bond acceptors (Lipinski definition) is 4. The van der Waals surface area contributed by atoms with Gasteiger partial charge >= 0.3 is 0 Å². The third-order valence-electron chi connectivity index (χ3n) is 3.34. The van der Waals surface area contributed by atoms with Gasteiger partial charge in [0.05, 0.1) is 12.6 Å². The Kier molecular flexibility index (Phi) is 4.33. The molecule has 1 unspecified atom stereocenters. The standard InChI is InChI=1S/C16H20N2OS/c1-2-9-19-14-5-3-4-12(11-14)15(18-13-6-7-13)16-17-8-10-20-16/h3-5,8,10-11,13,15,18H,2,6-7,9H2,1H3. The van der Waals surface area contributed by atoms with Gasteiger partial charge in [-0.05, 0) is 37.0 Å². The minimum absolute atomic E-state index is 0.188. The fourth-order valence-electron chi connectivity index (χ4n) is 2.18. The Balaban J connectivity index is 1.82. The molecule has 1 N–H and O–H groups in total. The Labute approximate surface area is 124 Å². The molecule has 20 heavy (non-hydrogen) atoms. The number of ether oxygens (including phenoxy) is 1. The zero-order valence-electron chi connectivity index (χ0n) is 11.7. The smallest absolute Gasteiger partial charge is 0.119 e. The molecule has 106 valence electrons. The van der Waals surface area contributed by atoms with Crippen LogP contribution in [0.3, 0.4) is 0 Å². The van der Waals surface area contributed by atoms with Crippen LogP contribution in [-0.4, -0.2) is 17.6 Å². The molecule has 3 rings (SSSR count). The number of thiazole rings is 1. The summed E-state index contributed by atoms with van der Waals surface area (Å²) in [7, 11) is 0. The molecule has 0 spiro atoms. The Morgan fingerprint density at radius 3 is 3.05 bits per heavy atom. The van der Waals surface area contributed by atoms with Crippen LogP contribution in [0, 0.1) is 0 Å². The average Bonchev–Trinajstić information content (AvgIpc) is 3.15. The lowest BCUT2D eigenvalue weighted by atomic mass is 10.1. The zero-order valence-corrected chi connectivity index (χ0v) is 12.5. The maximum Gasteiger partial charge on any atom is 0.119 e. The second-order valence-electron chi connectivity index (χ2n) is 5.17. The van der Waals surface area contributed by atoms with E-state index in [4.69, 9.17) is 4.74 Å². The largest absolute Gasteiger partial charge is 0.494 e. The number of nitrogens with zero attached hydrogens (tertiary/aromatic N) is 1. The summed E-state index contributed by atoms with van der Waals surface area (Å²) >= 11 is 1.70. The molecule has 0 radical (unpaired) electrons. The van der Waals surface area contributed by atoms with Crippen molar-refractivity contribution in [2.45, 2.75) is 38.3 Å². The molecule has 1 heterocycles. The lowest BCUT2D eigenvalue weighted by Gasteiger charge is -2.17. The van der Waals surface area contributed by atoms with E-state index in [-0.39, 0.29) is 6.04 Å². The third-order valence-corrected chi connectivity index (χ3v) is 4.18. The van der Waals surface area contributed by atoms with Gasteiger partial charge in [-0.15, -0.1) is 11.3 Å². The minimum Gasteiger partial charge on any atom is -0.494 e. The van der Waals surface area contributed by atoms with Gasteiger partial charge in [-0.3, -0.25) is 0 Å². The van der Waals surface area contributed by atoms with Crippen molar-refractivity contribution in [3.63, 3.8) is 0 Å². The maximum atomic E-state index is 5.74. The second-order valence-corrected chi connectivity index (χ2v) is 6.09. The molecule has 1 aliphatic rings. The van der Waals surface area contributed by atoms with E-state index in [0.29, 0.717) is 6.04 Å². The summed E-state index contributed by atoms with van der Waals surface area (Å²) < 4.78 is 5.74. The van der Waals surface area contributed by atoms with Gasteiger partial charge < -0.3 is 10.1 Å². The van der Waals surface area contributed by atoms with Gasteiger partial charge in [-0.2, -0.15) is 0 Å². The lowest BCUT2D eigenvalue weighted by molar-refractivity contribution is 0.317. The first kappa shape index (κ1) is 13.6. The van der Waals surface area contributed by atoms with E-state index in [0.717, 1.165) is 23.8 Å². The molecule has 0 amide bonds. The highest BCUT2D eigenvalue weighted by Gasteiger charge is 2.27. The van der Waals surface area contributed by atoms with Gasteiger partial charge in [-0.25, -0.2) is 4.98 Å². The number of hydrogen-bond donors (Lipinski definition) is 1. The number of nitrogens with one attached hydrogen (secondary N) is 1. The first-order valence-corrected chi connectivity index (χ1v) is 8.13. The van der Waals surface area contributed by atoms with Crippen LogP contribution in [0.5, 0.6) is 5.75 Å². The van der Waals surface area contributed by atoms with Crippen LogP contribution >= 0.6 is 11.3 Å². The van der Waals surface area contributed by atoms with E-state index >= 15 is 0 Å². The molecule has 1 fully saturated rings. The Bertz CT molecular complexity index is 537. The highest BCUT2D eigenvalue weighted by atomic mass is 32.1. The van der Waals surface area contributed by atoms with Gasteiger partial charge in [0, 0.05) is 17.6 Å². The van der Waals surface area contributed by atoms with Crippen LogP contribution in [0.1, 0.15) is 42.8 Å². The van der Waals surface area contributed by atoms with Crippen molar-refractivity contribution in [3.8, 4) is 5.75 Å². The molecule has 1 aliphatic carbocycles. The van der Waals surface area contributed by atoms with E-state index in [1.54, 1.807) is 11.3 Å². The first-order valence-electron chi connectivity index (χ1n) is 7.25. The molecule has 1 aromatic carbocycles. The molecule has 4 heteroatoms. The van der Waals surface area contributed by atoms with Crippen molar-refractivity contribution in [2.75, 3.05) is 6.61 Å². The Hall–Kier alpha value is -1.39. The zero-order chi connectivity index (χ0) is 13.8. The van der Waals surface area contributed by atoms with Gasteiger partial charge in [0.15, 0.2) is 0 Å². The van der Waals surface area contributed by atoms with Crippen molar-refractivity contribution in [2.24, 2.45) is 0 Å². The summed E-state index contributed by atoms with van der Waals surface area (Å²) in [6, 6.07) is 9.21. The van der Waals surface area contributed by atoms with E-state index in [1.807, 2.05) is 17.6 Å². The van der Waals surface area contributed by atoms with Crippen LogP contribution in [0.4, 0.5) is 0 Å². The second kappa shape index (κ2) is 6.37. The quantitative estimate of drug-likeness (QED) is 0.842. The molecular formula is C16H20N2OS. The van der Waals surface area contributed by atoms with Crippen molar-refractivity contribution in [1.82, 2.24) is 10.3 Å². The summed E-state index contributed by atoms with van der Waals surface area (Å²) in [6.07, 6.45) is 5.45. The topological polar surface area (TPSA) is 34.1 Å². The lowest BCUT2D eigenvalue weighted by Crippen LogP contribution is -2.24. The van der Waals surface area contributed by atoms with E-state index in [2.05, 4.69) is 35.4 Å². The SMILES string of the molecule is CCCOc1cccc(C(NC2CC2)c2nccs2)c1. The molecule has 0 aliphatic heterocycles. The van der Waals surface area contributed by atoms with Crippen molar-refractivity contribution >= 4 is 11.3 Å². The first-order chi connectivity index (χ1) is 9.86. The summed E-state index contributed by atoms with van der Waals surface area (Å²) in [5.41, 5.74) is 1.24. The molecule has 0 bridgehead atoms. The highest BCUT2D eigenvalue weighted by Crippen LogP contribution is 2.31. The van der Waals surface area contributed by atoms with Crippen LogP contribution in [0.15, 0.2) is 35.8 Å². The monoisotopic (exact) mass is 288 g/mol. The van der Waals surface area contributed by atoms with Crippen LogP contribution in [0.25, 0.3) is 0 Å². The van der Waals surface area contributed by atoms with Crippen molar-refractivity contribution in [1.29, 1.82) is 0 Å². The number of rotatable bonds is 7. The Morgan fingerprint density at radius 2 is 2.35 bits per heavy atom. The normalized spacial score (nSPS) is 16.1. The summed E-state index contributed by atoms with van der Waals surface area (Å²) in [5.74, 6) is 0.948. The third kappa shape index (κ3) is 3.38. The Morgan fingerprint density at radius 1 is 1.45 bits per heavy atom. The van der Waals surface area contributed by atoms with E-state index in [9.17, 15) is 0 Å². The highest BCUT2D eigenvalue weighted by molar-refractivity contribution is 7.09. The molecule has 1 atom stereocenters. The summed E-state index contributed by atoms with van der Waals surface area (Å²) in [6.45, 7) is 2.89. The van der Waals surface area contributed by atoms with Gasteiger partial charge in [-0.1, -0.05) is 19.1 Å². The van der Waals surface area contributed by atoms with Crippen LogP contribution in [-0.2, 0) is 0 Å². The van der Waals surface area contributed by atoms with E-state index in [1.165, 1.54) is 18.4 Å². The fraction of sp³-hybridized carbons (Fsp3) is 0.438. The summed E-state index contributed by atoms with van der Waals surface area (Å²) in [4.78, 5) is 4.48. The molecule has 1 saturated carbocycles. The molecule has 0 saturated heterocycles. The molecular weight excluding hydrogens is 268 g/mol. The molecule has 3 nitrogen and oxygen atoms in total. The predicted octanol–water partition coefficient (Wildman–Crippen LogP) is 3.77. The van der Waals surface area contributed by atoms with Gasteiger partial charge in [0.1, 0.15) is 10.8 Å². The number of benzene rings is 1. The van der Waals surface area contributed by atoms with Crippen molar-refractivity contribution in [3.05, 3.63) is 46.4 Å². The van der Waals surface area contributed by atoms with Gasteiger partial charge in [0.25, 0.3) is 0 Å². The van der Waals surface area contributed by atoms with Crippen LogP contribution in [0.2, 0.25) is 0 Å². The molecule has 1 aromatic heterocycles.